The van der Waals surface area contributed by atoms with Crippen molar-refractivity contribution >= 4 is 21.9 Å². The number of methoxy groups -OCH3 is 1. The predicted octanol–water partition coefficient (Wildman–Crippen LogP) is 1.29. The van der Waals surface area contributed by atoms with E-state index in [1.165, 1.54) is 13.2 Å². The normalized spacial score (nSPS) is 9.92. The molecular formula is C7H8BrNO3. The molecule has 0 aliphatic heterocycles. The lowest BCUT2D eigenvalue weighted by molar-refractivity contribution is 0.0598. The van der Waals surface area contributed by atoms with Crippen molar-refractivity contribution in [3.05, 3.63) is 22.1 Å². The second-order valence-electron chi connectivity index (χ2n) is 2.08. The van der Waals surface area contributed by atoms with Gasteiger partial charge in [0.25, 0.3) is 0 Å². The Kier molecular flexibility index (Phi) is 2.88. The van der Waals surface area contributed by atoms with Crippen LogP contribution in [0.25, 0.3) is 0 Å². The molecule has 1 rings (SSSR count). The van der Waals surface area contributed by atoms with E-state index >= 15 is 0 Å². The summed E-state index contributed by atoms with van der Waals surface area (Å²) in [4.78, 5) is 11.0. The van der Waals surface area contributed by atoms with Crippen molar-refractivity contribution in [1.29, 1.82) is 0 Å². The first kappa shape index (κ1) is 9.28. The van der Waals surface area contributed by atoms with E-state index in [9.17, 15) is 4.79 Å². The van der Waals surface area contributed by atoms with Crippen LogP contribution in [-0.2, 0) is 11.3 Å². The second-order valence-corrected chi connectivity index (χ2v) is 2.86. The Labute approximate surface area is 77.8 Å². The molecule has 0 radical (unpaired) electrons. The molecule has 0 aliphatic carbocycles. The number of halogens is 1. The molecule has 0 atom stereocenters. The highest BCUT2D eigenvalue weighted by Gasteiger charge is 2.15. The van der Waals surface area contributed by atoms with Crippen molar-refractivity contribution < 1.29 is 13.9 Å². The van der Waals surface area contributed by atoms with E-state index in [4.69, 9.17) is 10.2 Å². The van der Waals surface area contributed by atoms with Crippen LogP contribution in [0.5, 0.6) is 0 Å². The maximum Gasteiger partial charge on any atom is 0.341 e. The Morgan fingerprint density at radius 1 is 1.83 bits per heavy atom. The van der Waals surface area contributed by atoms with Gasteiger partial charge in [0.15, 0.2) is 4.67 Å². The van der Waals surface area contributed by atoms with E-state index in [0.717, 1.165) is 0 Å². The largest absolute Gasteiger partial charge is 0.465 e. The van der Waals surface area contributed by atoms with Crippen LogP contribution in [-0.4, -0.2) is 13.1 Å². The molecule has 2 N–H and O–H groups in total. The van der Waals surface area contributed by atoms with Crippen LogP contribution in [0.3, 0.4) is 0 Å². The first-order valence-electron chi connectivity index (χ1n) is 3.25. The highest BCUT2D eigenvalue weighted by molar-refractivity contribution is 9.10. The lowest BCUT2D eigenvalue weighted by atomic mass is 10.2. The van der Waals surface area contributed by atoms with Gasteiger partial charge in [-0.25, -0.2) is 4.79 Å². The van der Waals surface area contributed by atoms with Crippen molar-refractivity contribution in [3.63, 3.8) is 0 Å². The van der Waals surface area contributed by atoms with Gasteiger partial charge in [0.05, 0.1) is 13.7 Å². The molecule has 0 bridgehead atoms. The quantitative estimate of drug-likeness (QED) is 0.783. The zero-order valence-electron chi connectivity index (χ0n) is 6.46. The third kappa shape index (κ3) is 1.67. The molecule has 0 spiro atoms. The van der Waals surface area contributed by atoms with Crippen molar-refractivity contribution in [2.45, 2.75) is 6.54 Å². The lowest BCUT2D eigenvalue weighted by Crippen LogP contribution is -2.05. The molecule has 1 heterocycles. The summed E-state index contributed by atoms with van der Waals surface area (Å²) in [6, 6.07) is 1.54. The molecule has 5 heteroatoms. The van der Waals surface area contributed by atoms with Crippen LogP contribution < -0.4 is 5.73 Å². The SMILES string of the molecule is COC(=O)c1cc(Br)oc1CN. The van der Waals surface area contributed by atoms with Gasteiger partial charge in [-0.05, 0) is 15.9 Å². The Hall–Kier alpha value is -0.810. The van der Waals surface area contributed by atoms with Crippen molar-refractivity contribution in [2.75, 3.05) is 7.11 Å². The van der Waals surface area contributed by atoms with E-state index in [1.807, 2.05) is 0 Å². The van der Waals surface area contributed by atoms with Gasteiger partial charge in [-0.2, -0.15) is 0 Å². The van der Waals surface area contributed by atoms with E-state index in [1.54, 1.807) is 0 Å². The molecule has 1 aromatic rings. The fourth-order valence-electron chi connectivity index (χ4n) is 0.830. The zero-order chi connectivity index (χ0) is 9.14. The molecule has 12 heavy (non-hydrogen) atoms. The van der Waals surface area contributed by atoms with Crippen molar-refractivity contribution in [3.8, 4) is 0 Å². The molecule has 0 saturated heterocycles. The number of rotatable bonds is 2. The summed E-state index contributed by atoms with van der Waals surface area (Å²) in [5.74, 6) is -0.0152. The van der Waals surface area contributed by atoms with Gasteiger partial charge in [-0.15, -0.1) is 0 Å². The topological polar surface area (TPSA) is 65.5 Å². The summed E-state index contributed by atoms with van der Waals surface area (Å²) in [5.41, 5.74) is 5.70. The van der Waals surface area contributed by atoms with Crippen LogP contribution in [0, 0.1) is 0 Å². The summed E-state index contributed by atoms with van der Waals surface area (Å²) in [5, 5.41) is 0. The number of hydrogen-bond donors (Lipinski definition) is 1. The summed E-state index contributed by atoms with van der Waals surface area (Å²) >= 11 is 3.09. The first-order valence-corrected chi connectivity index (χ1v) is 4.05. The van der Waals surface area contributed by atoms with Gasteiger partial charge in [0, 0.05) is 6.07 Å². The van der Waals surface area contributed by atoms with Crippen LogP contribution in [0.2, 0.25) is 0 Å². The van der Waals surface area contributed by atoms with Gasteiger partial charge < -0.3 is 14.9 Å². The summed E-state index contributed by atoms with van der Waals surface area (Å²) in [6.45, 7) is 0.177. The van der Waals surface area contributed by atoms with Gasteiger partial charge in [0.1, 0.15) is 11.3 Å². The van der Waals surface area contributed by atoms with Crippen molar-refractivity contribution in [2.24, 2.45) is 5.73 Å². The van der Waals surface area contributed by atoms with Crippen LogP contribution in [0.4, 0.5) is 0 Å². The lowest BCUT2D eigenvalue weighted by Gasteiger charge is -1.95. The van der Waals surface area contributed by atoms with E-state index in [0.29, 0.717) is 16.0 Å². The number of ether oxygens (including phenoxy) is 1. The molecule has 66 valence electrons. The summed E-state index contributed by atoms with van der Waals surface area (Å²) < 4.78 is 10.1. The molecule has 0 saturated carbocycles. The minimum atomic E-state index is -0.440. The van der Waals surface area contributed by atoms with Crippen molar-refractivity contribution in [1.82, 2.24) is 0 Å². The Bertz CT molecular complexity index is 295. The standard InChI is InChI=1S/C7H8BrNO3/c1-11-7(10)4-2-6(8)12-5(4)3-9/h2H,3,9H2,1H3. The number of hydrogen-bond acceptors (Lipinski definition) is 4. The first-order chi connectivity index (χ1) is 5.69. The molecular weight excluding hydrogens is 226 g/mol. The zero-order valence-corrected chi connectivity index (χ0v) is 8.05. The smallest absolute Gasteiger partial charge is 0.341 e. The fraction of sp³-hybridized carbons (Fsp3) is 0.286. The molecule has 4 nitrogen and oxygen atoms in total. The summed E-state index contributed by atoms with van der Waals surface area (Å²) in [6.07, 6.45) is 0. The van der Waals surface area contributed by atoms with Crippen LogP contribution >= 0.6 is 15.9 Å². The molecule has 0 unspecified atom stereocenters. The van der Waals surface area contributed by atoms with Crippen LogP contribution in [0.15, 0.2) is 15.2 Å². The molecule has 0 amide bonds. The number of nitrogens with two attached hydrogens (primary N) is 1. The monoisotopic (exact) mass is 233 g/mol. The molecule has 1 aromatic heterocycles. The Morgan fingerprint density at radius 2 is 2.50 bits per heavy atom. The second kappa shape index (κ2) is 3.73. The number of furan rings is 1. The predicted molar refractivity (Wildman–Crippen MR) is 45.6 cm³/mol. The van der Waals surface area contributed by atoms with E-state index < -0.39 is 5.97 Å². The van der Waals surface area contributed by atoms with E-state index in [2.05, 4.69) is 20.7 Å². The Morgan fingerprint density at radius 3 is 3.00 bits per heavy atom. The average Bonchev–Trinajstić information content (AvgIpc) is 2.45. The highest BCUT2D eigenvalue weighted by Crippen LogP contribution is 2.20. The third-order valence-electron chi connectivity index (χ3n) is 1.37. The molecule has 0 aliphatic rings. The van der Waals surface area contributed by atoms with Gasteiger partial charge in [-0.1, -0.05) is 0 Å². The Balaban J connectivity index is 3.04. The van der Waals surface area contributed by atoms with Gasteiger partial charge in [0.2, 0.25) is 0 Å². The van der Waals surface area contributed by atoms with Crippen LogP contribution in [0.1, 0.15) is 16.1 Å². The number of esters is 1. The average molecular weight is 234 g/mol. The molecule has 0 aromatic carbocycles. The maximum atomic E-state index is 11.0. The number of carbonyl (C=O) groups is 1. The van der Waals surface area contributed by atoms with Gasteiger partial charge >= 0.3 is 5.97 Å². The van der Waals surface area contributed by atoms with Gasteiger partial charge in [-0.3, -0.25) is 0 Å². The highest BCUT2D eigenvalue weighted by atomic mass is 79.9. The maximum absolute atomic E-state index is 11.0. The minimum absolute atomic E-state index is 0.177. The molecule has 0 fully saturated rings. The third-order valence-corrected chi connectivity index (χ3v) is 1.76. The van der Waals surface area contributed by atoms with E-state index in [-0.39, 0.29) is 6.54 Å². The summed E-state index contributed by atoms with van der Waals surface area (Å²) in [7, 11) is 1.31. The number of carbonyl (C=O) groups excluding carboxylic acids is 1. The minimum Gasteiger partial charge on any atom is -0.465 e. The fourth-order valence-corrected chi connectivity index (χ4v) is 1.25.